The summed E-state index contributed by atoms with van der Waals surface area (Å²) < 4.78 is 5.52. The van der Waals surface area contributed by atoms with Crippen LogP contribution in [0.1, 0.15) is 18.5 Å². The summed E-state index contributed by atoms with van der Waals surface area (Å²) in [6.07, 6.45) is 3.10. The normalized spacial score (nSPS) is 16.2. The standard InChI is InChI=1S/C16H18N2O3.ClH/c19-16(20)13-6-8-18(9-7-13)10-14-11-21-15(17-14)12-4-2-1-3-5-12;/h1-5,11,13H,6-10H2,(H,19,20);1H. The molecule has 0 radical (unpaired) electrons. The molecular weight excluding hydrogens is 304 g/mol. The lowest BCUT2D eigenvalue weighted by Gasteiger charge is -2.29. The van der Waals surface area contributed by atoms with Crippen LogP contribution in [0.4, 0.5) is 0 Å². The summed E-state index contributed by atoms with van der Waals surface area (Å²) in [4.78, 5) is 17.7. The predicted octanol–water partition coefficient (Wildman–Crippen LogP) is 3.06. The fraction of sp³-hybridized carbons (Fsp3) is 0.375. The molecule has 1 aromatic heterocycles. The summed E-state index contributed by atoms with van der Waals surface area (Å²) >= 11 is 0. The van der Waals surface area contributed by atoms with Gasteiger partial charge in [0.25, 0.3) is 0 Å². The summed E-state index contributed by atoms with van der Waals surface area (Å²) in [7, 11) is 0. The minimum atomic E-state index is -0.678. The Kier molecular flexibility index (Phi) is 5.57. The molecule has 0 amide bonds. The Hall–Kier alpha value is -1.85. The Morgan fingerprint density at radius 1 is 1.27 bits per heavy atom. The van der Waals surface area contributed by atoms with Gasteiger partial charge in [-0.25, -0.2) is 4.98 Å². The molecule has 0 bridgehead atoms. The molecule has 3 rings (SSSR count). The van der Waals surface area contributed by atoms with Crippen molar-refractivity contribution in [1.29, 1.82) is 0 Å². The lowest BCUT2D eigenvalue weighted by Crippen LogP contribution is -2.35. The zero-order valence-electron chi connectivity index (χ0n) is 12.1. The smallest absolute Gasteiger partial charge is 0.306 e. The highest BCUT2D eigenvalue weighted by molar-refractivity contribution is 5.85. The molecule has 1 saturated heterocycles. The second-order valence-electron chi connectivity index (χ2n) is 5.40. The number of aromatic nitrogens is 1. The van der Waals surface area contributed by atoms with E-state index in [9.17, 15) is 4.79 Å². The summed E-state index contributed by atoms with van der Waals surface area (Å²) in [5, 5.41) is 9.00. The lowest BCUT2D eigenvalue weighted by atomic mass is 9.97. The van der Waals surface area contributed by atoms with Gasteiger partial charge >= 0.3 is 5.97 Å². The van der Waals surface area contributed by atoms with Gasteiger partial charge in [0, 0.05) is 12.1 Å². The quantitative estimate of drug-likeness (QED) is 0.937. The molecule has 6 heteroatoms. The van der Waals surface area contributed by atoms with E-state index in [1.165, 1.54) is 0 Å². The van der Waals surface area contributed by atoms with Crippen LogP contribution in [0, 0.1) is 5.92 Å². The molecule has 118 valence electrons. The van der Waals surface area contributed by atoms with Gasteiger partial charge in [0.05, 0.1) is 11.6 Å². The van der Waals surface area contributed by atoms with Crippen molar-refractivity contribution in [3.63, 3.8) is 0 Å². The number of halogens is 1. The van der Waals surface area contributed by atoms with Crippen molar-refractivity contribution in [2.24, 2.45) is 5.92 Å². The number of carbonyl (C=O) groups is 1. The van der Waals surface area contributed by atoms with Crippen molar-refractivity contribution in [3.05, 3.63) is 42.3 Å². The molecular formula is C16H19ClN2O3. The molecule has 22 heavy (non-hydrogen) atoms. The van der Waals surface area contributed by atoms with Crippen LogP contribution in [0.5, 0.6) is 0 Å². The van der Waals surface area contributed by atoms with Gasteiger partial charge in [-0.15, -0.1) is 12.4 Å². The number of nitrogens with zero attached hydrogens (tertiary/aromatic N) is 2. The first-order chi connectivity index (χ1) is 10.2. The maximum Gasteiger partial charge on any atom is 0.306 e. The highest BCUT2D eigenvalue weighted by atomic mass is 35.5. The second-order valence-corrected chi connectivity index (χ2v) is 5.40. The van der Waals surface area contributed by atoms with E-state index in [4.69, 9.17) is 9.52 Å². The van der Waals surface area contributed by atoms with E-state index in [2.05, 4.69) is 9.88 Å². The van der Waals surface area contributed by atoms with Gasteiger partial charge in [-0.1, -0.05) is 18.2 Å². The molecule has 2 aromatic rings. The van der Waals surface area contributed by atoms with Crippen LogP contribution in [-0.4, -0.2) is 34.0 Å². The zero-order chi connectivity index (χ0) is 14.7. The minimum Gasteiger partial charge on any atom is -0.481 e. The van der Waals surface area contributed by atoms with E-state index in [-0.39, 0.29) is 18.3 Å². The highest BCUT2D eigenvalue weighted by Gasteiger charge is 2.24. The molecule has 5 nitrogen and oxygen atoms in total. The Labute approximate surface area is 135 Å². The van der Waals surface area contributed by atoms with Crippen LogP contribution < -0.4 is 0 Å². The number of hydrogen-bond acceptors (Lipinski definition) is 4. The number of carboxylic acids is 1. The van der Waals surface area contributed by atoms with Gasteiger partial charge < -0.3 is 9.52 Å². The maximum absolute atomic E-state index is 10.9. The zero-order valence-corrected chi connectivity index (χ0v) is 13.0. The van der Waals surface area contributed by atoms with Crippen molar-refractivity contribution in [3.8, 4) is 11.5 Å². The van der Waals surface area contributed by atoms with Gasteiger partial charge in [0.15, 0.2) is 0 Å². The number of hydrogen-bond donors (Lipinski definition) is 1. The fourth-order valence-corrected chi connectivity index (χ4v) is 2.66. The van der Waals surface area contributed by atoms with Gasteiger partial charge in [-0.2, -0.15) is 0 Å². The predicted molar refractivity (Wildman–Crippen MR) is 84.8 cm³/mol. The molecule has 1 aliphatic rings. The van der Waals surface area contributed by atoms with E-state index in [0.717, 1.165) is 24.3 Å². The average Bonchev–Trinajstić information content (AvgIpc) is 2.97. The third-order valence-electron chi connectivity index (χ3n) is 3.89. The number of rotatable bonds is 4. The molecule has 0 saturated carbocycles. The van der Waals surface area contributed by atoms with Gasteiger partial charge in [0.2, 0.25) is 5.89 Å². The molecule has 0 aliphatic carbocycles. The Morgan fingerprint density at radius 2 is 1.95 bits per heavy atom. The van der Waals surface area contributed by atoms with Gasteiger partial charge in [-0.3, -0.25) is 9.69 Å². The highest BCUT2D eigenvalue weighted by Crippen LogP contribution is 2.21. The number of likely N-dealkylation sites (tertiary alicyclic amines) is 1. The minimum absolute atomic E-state index is 0. The molecule has 1 aromatic carbocycles. The Bertz CT molecular complexity index is 607. The van der Waals surface area contributed by atoms with Crippen molar-refractivity contribution in [2.75, 3.05) is 13.1 Å². The third-order valence-corrected chi connectivity index (χ3v) is 3.89. The van der Waals surface area contributed by atoms with Crippen LogP contribution in [0.25, 0.3) is 11.5 Å². The third kappa shape index (κ3) is 3.87. The van der Waals surface area contributed by atoms with Crippen molar-refractivity contribution < 1.29 is 14.3 Å². The van der Waals surface area contributed by atoms with Crippen molar-refractivity contribution in [1.82, 2.24) is 9.88 Å². The van der Waals surface area contributed by atoms with Crippen LogP contribution in [0.3, 0.4) is 0 Å². The average molecular weight is 323 g/mol. The number of oxazole rings is 1. The van der Waals surface area contributed by atoms with Crippen LogP contribution in [0.2, 0.25) is 0 Å². The summed E-state index contributed by atoms with van der Waals surface area (Å²) in [6, 6.07) is 9.80. The first-order valence-corrected chi connectivity index (χ1v) is 7.17. The molecule has 1 N–H and O–H groups in total. The summed E-state index contributed by atoms with van der Waals surface area (Å²) in [5.74, 6) is -0.244. The lowest BCUT2D eigenvalue weighted by molar-refractivity contribution is -0.143. The number of carboxylic acid groups (broad SMARTS) is 1. The fourth-order valence-electron chi connectivity index (χ4n) is 2.66. The number of aliphatic carboxylic acids is 1. The second kappa shape index (κ2) is 7.42. The molecule has 0 unspecified atom stereocenters. The van der Waals surface area contributed by atoms with Crippen LogP contribution in [-0.2, 0) is 11.3 Å². The Balaban J connectivity index is 0.00000176. The molecule has 0 atom stereocenters. The van der Waals surface area contributed by atoms with Crippen molar-refractivity contribution >= 4 is 18.4 Å². The Morgan fingerprint density at radius 3 is 2.59 bits per heavy atom. The van der Waals surface area contributed by atoms with Crippen LogP contribution in [0.15, 0.2) is 41.0 Å². The van der Waals surface area contributed by atoms with Crippen LogP contribution >= 0.6 is 12.4 Å². The molecule has 1 fully saturated rings. The summed E-state index contributed by atoms with van der Waals surface area (Å²) in [5.41, 5.74) is 1.86. The number of piperidine rings is 1. The monoisotopic (exact) mass is 322 g/mol. The molecule has 1 aliphatic heterocycles. The van der Waals surface area contributed by atoms with E-state index in [0.29, 0.717) is 25.3 Å². The van der Waals surface area contributed by atoms with Gasteiger partial charge in [0.1, 0.15) is 6.26 Å². The van der Waals surface area contributed by atoms with Crippen molar-refractivity contribution in [2.45, 2.75) is 19.4 Å². The SMILES string of the molecule is Cl.O=C(O)C1CCN(Cc2coc(-c3ccccc3)n2)CC1. The van der Waals surface area contributed by atoms with E-state index < -0.39 is 5.97 Å². The topological polar surface area (TPSA) is 66.6 Å². The largest absolute Gasteiger partial charge is 0.481 e. The number of benzene rings is 1. The molecule has 0 spiro atoms. The first kappa shape index (κ1) is 16.5. The first-order valence-electron chi connectivity index (χ1n) is 7.17. The molecule has 2 heterocycles. The van der Waals surface area contributed by atoms with E-state index >= 15 is 0 Å². The van der Waals surface area contributed by atoms with E-state index in [1.807, 2.05) is 30.3 Å². The van der Waals surface area contributed by atoms with E-state index in [1.54, 1.807) is 6.26 Å². The maximum atomic E-state index is 10.9. The summed E-state index contributed by atoms with van der Waals surface area (Å²) in [6.45, 7) is 2.30. The van der Waals surface area contributed by atoms with Gasteiger partial charge in [-0.05, 0) is 38.1 Å².